The van der Waals surface area contributed by atoms with Crippen LogP contribution >= 0.6 is 0 Å². The number of para-hydroxylation sites is 2. The fourth-order valence-corrected chi connectivity index (χ4v) is 2.61. The van der Waals surface area contributed by atoms with Crippen molar-refractivity contribution in [1.82, 2.24) is 9.97 Å². The lowest BCUT2D eigenvalue weighted by atomic mass is 10.2. The highest BCUT2D eigenvalue weighted by Crippen LogP contribution is 2.15. The molecule has 2 atom stereocenters. The first-order valence-corrected chi connectivity index (χ1v) is 8.25. The zero-order valence-electron chi connectivity index (χ0n) is 14.0. The Labute approximate surface area is 141 Å². The third-order valence-electron chi connectivity index (χ3n) is 4.08. The molecule has 1 aliphatic heterocycles. The first-order valence-electron chi connectivity index (χ1n) is 8.25. The summed E-state index contributed by atoms with van der Waals surface area (Å²) in [5.41, 5.74) is 3.04. The highest BCUT2D eigenvalue weighted by molar-refractivity contribution is 5.75. The van der Waals surface area contributed by atoms with Crippen molar-refractivity contribution in [2.75, 3.05) is 13.2 Å². The summed E-state index contributed by atoms with van der Waals surface area (Å²) < 4.78 is 16.3. The molecule has 6 heteroatoms. The molecule has 1 aromatic carbocycles. The molecule has 0 radical (unpaired) electrons. The zero-order valence-corrected chi connectivity index (χ0v) is 14.0. The molecule has 0 spiro atoms. The lowest BCUT2D eigenvalue weighted by Crippen LogP contribution is -2.27. The van der Waals surface area contributed by atoms with E-state index in [4.69, 9.17) is 14.2 Å². The van der Waals surface area contributed by atoms with Gasteiger partial charge in [-0.1, -0.05) is 12.1 Å². The molecular formula is C18H22N2O4. The van der Waals surface area contributed by atoms with Gasteiger partial charge >= 0.3 is 5.97 Å². The Kier molecular flexibility index (Phi) is 5.37. The summed E-state index contributed by atoms with van der Waals surface area (Å²) in [5, 5.41) is 0. The van der Waals surface area contributed by atoms with Crippen LogP contribution in [0.15, 0.2) is 24.3 Å². The molecule has 3 rings (SSSR count). The second-order valence-electron chi connectivity index (χ2n) is 5.96. The van der Waals surface area contributed by atoms with Crippen LogP contribution in [0.25, 0.3) is 11.0 Å². The Morgan fingerprint density at radius 2 is 2.08 bits per heavy atom. The van der Waals surface area contributed by atoms with E-state index in [0.717, 1.165) is 36.2 Å². The maximum absolute atomic E-state index is 12.1. The maximum atomic E-state index is 12.1. The first kappa shape index (κ1) is 16.8. The van der Waals surface area contributed by atoms with E-state index in [9.17, 15) is 4.79 Å². The standard InChI is InChI=1S/C18H22N2O4/c1-12-17(20-16-8-4-3-7-15(16)19-12)11-24-18(21)13(2)23-10-14-6-5-9-22-14/h3-4,7-8,13-14H,5-6,9-11H2,1-2H3. The molecule has 128 valence electrons. The number of fused-ring (bicyclic) bond motifs is 1. The number of carbonyl (C=O) groups excluding carboxylic acids is 1. The van der Waals surface area contributed by atoms with E-state index < -0.39 is 12.1 Å². The smallest absolute Gasteiger partial charge is 0.335 e. The number of aryl methyl sites for hydroxylation is 1. The predicted octanol–water partition coefficient (Wildman–Crippen LogP) is 2.57. The maximum Gasteiger partial charge on any atom is 0.335 e. The molecule has 0 amide bonds. The second kappa shape index (κ2) is 7.68. The van der Waals surface area contributed by atoms with Gasteiger partial charge in [0.1, 0.15) is 6.61 Å². The van der Waals surface area contributed by atoms with Crippen LogP contribution in [0.3, 0.4) is 0 Å². The van der Waals surface area contributed by atoms with E-state index in [1.54, 1.807) is 6.92 Å². The van der Waals surface area contributed by atoms with Crippen molar-refractivity contribution in [3.63, 3.8) is 0 Å². The number of ether oxygens (including phenoxy) is 3. The molecule has 0 aliphatic carbocycles. The molecule has 24 heavy (non-hydrogen) atoms. The van der Waals surface area contributed by atoms with Crippen molar-refractivity contribution in [3.8, 4) is 0 Å². The molecule has 0 saturated carbocycles. The van der Waals surface area contributed by atoms with Crippen molar-refractivity contribution in [2.45, 2.75) is 45.5 Å². The Balaban J connectivity index is 1.54. The number of aromatic nitrogens is 2. The number of carbonyl (C=O) groups is 1. The van der Waals surface area contributed by atoms with Crippen molar-refractivity contribution in [2.24, 2.45) is 0 Å². The largest absolute Gasteiger partial charge is 0.457 e. The summed E-state index contributed by atoms with van der Waals surface area (Å²) in [4.78, 5) is 21.1. The van der Waals surface area contributed by atoms with Crippen LogP contribution in [0.1, 0.15) is 31.2 Å². The van der Waals surface area contributed by atoms with Gasteiger partial charge in [-0.3, -0.25) is 0 Å². The van der Waals surface area contributed by atoms with E-state index in [1.165, 1.54) is 0 Å². The second-order valence-corrected chi connectivity index (χ2v) is 5.96. The van der Waals surface area contributed by atoms with Gasteiger partial charge in [-0.25, -0.2) is 14.8 Å². The third-order valence-corrected chi connectivity index (χ3v) is 4.08. The summed E-state index contributed by atoms with van der Waals surface area (Å²) in [7, 11) is 0. The monoisotopic (exact) mass is 330 g/mol. The summed E-state index contributed by atoms with van der Waals surface area (Å²) in [6.45, 7) is 4.84. The molecule has 6 nitrogen and oxygen atoms in total. The normalized spacial score (nSPS) is 18.7. The highest BCUT2D eigenvalue weighted by Gasteiger charge is 2.21. The van der Waals surface area contributed by atoms with Crippen LogP contribution in [0.2, 0.25) is 0 Å². The van der Waals surface area contributed by atoms with Gasteiger partial charge in [0, 0.05) is 6.61 Å². The number of hydrogen-bond acceptors (Lipinski definition) is 6. The van der Waals surface area contributed by atoms with Crippen LogP contribution in [0, 0.1) is 6.92 Å². The van der Waals surface area contributed by atoms with Gasteiger partial charge < -0.3 is 14.2 Å². The zero-order chi connectivity index (χ0) is 16.9. The van der Waals surface area contributed by atoms with Gasteiger partial charge in [-0.05, 0) is 38.8 Å². The first-order chi connectivity index (χ1) is 11.6. The fraction of sp³-hybridized carbons (Fsp3) is 0.500. The van der Waals surface area contributed by atoms with Crippen LogP contribution in [0.5, 0.6) is 0 Å². The van der Waals surface area contributed by atoms with Crippen LogP contribution in [-0.4, -0.2) is 41.4 Å². The van der Waals surface area contributed by atoms with Crippen LogP contribution < -0.4 is 0 Å². The number of benzene rings is 1. The SMILES string of the molecule is Cc1nc2ccccc2nc1COC(=O)C(C)OCC1CCCO1. The molecule has 2 unspecified atom stereocenters. The number of hydrogen-bond donors (Lipinski definition) is 0. The molecular weight excluding hydrogens is 308 g/mol. The van der Waals surface area contributed by atoms with Crippen LogP contribution in [0.4, 0.5) is 0 Å². The summed E-state index contributed by atoms with van der Waals surface area (Å²) in [6.07, 6.45) is 1.50. The fourth-order valence-electron chi connectivity index (χ4n) is 2.61. The minimum atomic E-state index is -0.622. The minimum absolute atomic E-state index is 0.0915. The summed E-state index contributed by atoms with van der Waals surface area (Å²) >= 11 is 0. The Hall–Kier alpha value is -2.05. The molecule has 0 bridgehead atoms. The Bertz CT molecular complexity index is 713. The lowest BCUT2D eigenvalue weighted by molar-refractivity contribution is -0.159. The van der Waals surface area contributed by atoms with Gasteiger partial charge in [-0.15, -0.1) is 0 Å². The van der Waals surface area contributed by atoms with Gasteiger partial charge in [0.05, 0.1) is 35.1 Å². The van der Waals surface area contributed by atoms with Gasteiger partial charge in [-0.2, -0.15) is 0 Å². The van der Waals surface area contributed by atoms with Crippen molar-refractivity contribution in [1.29, 1.82) is 0 Å². The molecule has 2 heterocycles. The summed E-state index contributed by atoms with van der Waals surface area (Å²) in [5.74, 6) is -0.401. The van der Waals surface area contributed by atoms with Crippen molar-refractivity contribution in [3.05, 3.63) is 35.7 Å². The van der Waals surface area contributed by atoms with E-state index in [2.05, 4.69) is 9.97 Å². The third kappa shape index (κ3) is 4.07. The van der Waals surface area contributed by atoms with E-state index >= 15 is 0 Å². The molecule has 1 fully saturated rings. The van der Waals surface area contributed by atoms with E-state index in [0.29, 0.717) is 12.3 Å². The quantitative estimate of drug-likeness (QED) is 0.758. The van der Waals surface area contributed by atoms with Crippen molar-refractivity contribution < 1.29 is 19.0 Å². The molecule has 2 aromatic rings. The van der Waals surface area contributed by atoms with Gasteiger partial charge in [0.2, 0.25) is 0 Å². The summed E-state index contributed by atoms with van der Waals surface area (Å²) in [6, 6.07) is 7.62. The molecule has 1 aliphatic rings. The highest BCUT2D eigenvalue weighted by atomic mass is 16.6. The van der Waals surface area contributed by atoms with Gasteiger partial charge in [0.25, 0.3) is 0 Å². The average Bonchev–Trinajstić information content (AvgIpc) is 3.11. The Morgan fingerprint density at radius 3 is 2.79 bits per heavy atom. The average molecular weight is 330 g/mol. The Morgan fingerprint density at radius 1 is 1.33 bits per heavy atom. The minimum Gasteiger partial charge on any atom is -0.457 e. The lowest BCUT2D eigenvalue weighted by Gasteiger charge is -2.15. The predicted molar refractivity (Wildman–Crippen MR) is 88.5 cm³/mol. The number of nitrogens with zero attached hydrogens (tertiary/aromatic N) is 2. The number of rotatable bonds is 6. The molecule has 0 N–H and O–H groups in total. The van der Waals surface area contributed by atoms with Crippen molar-refractivity contribution >= 4 is 17.0 Å². The molecule has 1 saturated heterocycles. The van der Waals surface area contributed by atoms with Gasteiger partial charge in [0.15, 0.2) is 6.10 Å². The van der Waals surface area contributed by atoms with Crippen LogP contribution in [-0.2, 0) is 25.6 Å². The van der Waals surface area contributed by atoms with E-state index in [1.807, 2.05) is 31.2 Å². The molecule has 1 aromatic heterocycles. The topological polar surface area (TPSA) is 70.5 Å². The number of esters is 1. The van der Waals surface area contributed by atoms with E-state index in [-0.39, 0.29) is 12.7 Å².